The lowest BCUT2D eigenvalue weighted by Gasteiger charge is -2.09. The maximum atomic E-state index is 11.7. The monoisotopic (exact) mass is 376 g/mol. The van der Waals surface area contributed by atoms with Crippen molar-refractivity contribution < 1.29 is 4.92 Å². The number of aromatic nitrogens is 4. The fourth-order valence-corrected chi connectivity index (χ4v) is 3.52. The molecule has 4 aromatic rings. The summed E-state index contributed by atoms with van der Waals surface area (Å²) < 4.78 is 0. The summed E-state index contributed by atoms with van der Waals surface area (Å²) in [7, 11) is 0. The highest BCUT2D eigenvalue weighted by atomic mass is 32.2. The molecule has 1 N–H and O–H groups in total. The molecular weight excluding hydrogens is 364 g/mol. The van der Waals surface area contributed by atoms with Gasteiger partial charge in [-0.2, -0.15) is 0 Å². The van der Waals surface area contributed by atoms with Gasteiger partial charge in [0.1, 0.15) is 6.33 Å². The highest BCUT2D eigenvalue weighted by Gasteiger charge is 2.24. The van der Waals surface area contributed by atoms with E-state index in [0.29, 0.717) is 5.69 Å². The number of nitrogens with one attached hydrogen (secondary N) is 1. The fourth-order valence-electron chi connectivity index (χ4n) is 2.53. The smallest absolute Gasteiger partial charge is 0.334 e. The molecule has 0 atom stereocenters. The molecule has 27 heavy (non-hydrogen) atoms. The predicted molar refractivity (Wildman–Crippen MR) is 102 cm³/mol. The van der Waals surface area contributed by atoms with E-state index in [-0.39, 0.29) is 16.5 Å². The van der Waals surface area contributed by atoms with Crippen LogP contribution in [0.15, 0.2) is 77.3 Å². The number of fused-ring (bicyclic) bond motifs is 1. The van der Waals surface area contributed by atoms with Crippen LogP contribution < -0.4 is 5.32 Å². The summed E-state index contributed by atoms with van der Waals surface area (Å²) in [4.78, 5) is 28.5. The van der Waals surface area contributed by atoms with Gasteiger partial charge in [-0.25, -0.2) is 9.97 Å². The quantitative estimate of drug-likeness (QED) is 0.313. The zero-order valence-corrected chi connectivity index (χ0v) is 14.6. The van der Waals surface area contributed by atoms with E-state index in [4.69, 9.17) is 0 Å². The second-order valence-electron chi connectivity index (χ2n) is 5.43. The number of benzene rings is 1. The first-order valence-corrected chi connectivity index (χ1v) is 8.72. The Morgan fingerprint density at radius 2 is 1.78 bits per heavy atom. The van der Waals surface area contributed by atoms with Crippen molar-refractivity contribution in [2.24, 2.45) is 0 Å². The Balaban J connectivity index is 1.76. The molecular formula is C18H12N6O2S. The van der Waals surface area contributed by atoms with Crippen LogP contribution in [0.5, 0.6) is 0 Å². The summed E-state index contributed by atoms with van der Waals surface area (Å²) in [6.07, 6.45) is 6.17. The van der Waals surface area contributed by atoms with Gasteiger partial charge in [-0.1, -0.05) is 30.0 Å². The number of anilines is 2. The largest absolute Gasteiger partial charge is 0.343 e. The zero-order chi connectivity index (χ0) is 18.6. The van der Waals surface area contributed by atoms with Gasteiger partial charge >= 0.3 is 5.69 Å². The van der Waals surface area contributed by atoms with Crippen molar-refractivity contribution in [3.8, 4) is 0 Å². The van der Waals surface area contributed by atoms with Gasteiger partial charge in [-0.05, 0) is 24.3 Å². The van der Waals surface area contributed by atoms with Crippen LogP contribution in [0, 0.1) is 10.1 Å². The van der Waals surface area contributed by atoms with E-state index in [1.165, 1.54) is 18.1 Å². The van der Waals surface area contributed by atoms with Crippen LogP contribution in [0.4, 0.5) is 17.2 Å². The van der Waals surface area contributed by atoms with Crippen LogP contribution in [0.1, 0.15) is 0 Å². The van der Waals surface area contributed by atoms with Gasteiger partial charge in [-0.15, -0.1) is 0 Å². The van der Waals surface area contributed by atoms with E-state index >= 15 is 0 Å². The Morgan fingerprint density at radius 1 is 0.963 bits per heavy atom. The Bertz CT molecular complexity index is 1120. The van der Waals surface area contributed by atoms with Crippen LogP contribution in [-0.2, 0) is 0 Å². The molecule has 132 valence electrons. The van der Waals surface area contributed by atoms with E-state index < -0.39 is 4.92 Å². The summed E-state index contributed by atoms with van der Waals surface area (Å²) >= 11 is 1.19. The summed E-state index contributed by atoms with van der Waals surface area (Å²) in [6, 6.07) is 12.9. The summed E-state index contributed by atoms with van der Waals surface area (Å²) in [5.41, 5.74) is 1.23. The molecule has 0 fully saturated rings. The minimum atomic E-state index is -0.482. The molecule has 3 aromatic heterocycles. The van der Waals surface area contributed by atoms with Crippen LogP contribution in [-0.4, -0.2) is 24.9 Å². The van der Waals surface area contributed by atoms with Crippen molar-refractivity contribution in [2.75, 3.05) is 5.32 Å². The van der Waals surface area contributed by atoms with Crippen molar-refractivity contribution in [3.05, 3.63) is 77.5 Å². The van der Waals surface area contributed by atoms with Crippen molar-refractivity contribution in [1.29, 1.82) is 0 Å². The van der Waals surface area contributed by atoms with Crippen LogP contribution >= 0.6 is 11.8 Å². The van der Waals surface area contributed by atoms with Crippen LogP contribution in [0.3, 0.4) is 0 Å². The molecule has 0 saturated carbocycles. The molecule has 0 aliphatic carbocycles. The number of nitro groups is 1. The molecule has 0 saturated heterocycles. The molecule has 9 heteroatoms. The molecule has 1 aromatic carbocycles. The highest BCUT2D eigenvalue weighted by molar-refractivity contribution is 7.99. The summed E-state index contributed by atoms with van der Waals surface area (Å²) in [5, 5.41) is 15.9. The molecule has 0 spiro atoms. The average Bonchev–Trinajstić information content (AvgIpc) is 2.69. The lowest BCUT2D eigenvalue weighted by atomic mass is 10.2. The number of hydrogen-bond acceptors (Lipinski definition) is 8. The number of pyridine rings is 2. The third kappa shape index (κ3) is 3.53. The van der Waals surface area contributed by atoms with Crippen molar-refractivity contribution in [1.82, 2.24) is 19.9 Å². The van der Waals surface area contributed by atoms with Crippen LogP contribution in [0.25, 0.3) is 10.9 Å². The maximum absolute atomic E-state index is 11.7. The molecule has 8 nitrogen and oxygen atoms in total. The molecule has 0 aliphatic rings. The second kappa shape index (κ2) is 7.34. The molecule has 0 radical (unpaired) electrons. The molecule has 0 bridgehead atoms. The first-order chi connectivity index (χ1) is 13.2. The van der Waals surface area contributed by atoms with E-state index in [1.807, 2.05) is 30.3 Å². The Hall–Kier alpha value is -3.59. The molecule has 0 aliphatic heterocycles. The third-order valence-corrected chi connectivity index (χ3v) is 4.76. The van der Waals surface area contributed by atoms with Gasteiger partial charge in [0.05, 0.1) is 10.4 Å². The van der Waals surface area contributed by atoms with E-state index in [0.717, 1.165) is 15.8 Å². The Labute approximate surface area is 157 Å². The minimum absolute atomic E-state index is 0.122. The number of hydrogen-bond donors (Lipinski definition) is 1. The molecule has 0 amide bonds. The van der Waals surface area contributed by atoms with Crippen molar-refractivity contribution in [3.63, 3.8) is 0 Å². The first-order valence-electron chi connectivity index (χ1n) is 7.90. The number of nitrogens with zero attached hydrogens (tertiary/aromatic N) is 5. The SMILES string of the molecule is O=[N+]([O-])c1c(Nc2ccncc2)ncnc1Sc1cccc2cccnc12. The lowest BCUT2D eigenvalue weighted by molar-refractivity contribution is -0.387. The summed E-state index contributed by atoms with van der Waals surface area (Å²) in [5.74, 6) is 0.122. The lowest BCUT2D eigenvalue weighted by Crippen LogP contribution is -2.03. The van der Waals surface area contributed by atoms with Gasteiger partial charge in [0.15, 0.2) is 5.03 Å². The summed E-state index contributed by atoms with van der Waals surface area (Å²) in [6.45, 7) is 0. The van der Waals surface area contributed by atoms with Gasteiger partial charge in [0.25, 0.3) is 0 Å². The van der Waals surface area contributed by atoms with Crippen LogP contribution in [0.2, 0.25) is 0 Å². The highest BCUT2D eigenvalue weighted by Crippen LogP contribution is 2.39. The molecule has 0 unspecified atom stereocenters. The van der Waals surface area contributed by atoms with E-state index in [1.54, 1.807) is 30.7 Å². The topological polar surface area (TPSA) is 107 Å². The zero-order valence-electron chi connectivity index (χ0n) is 13.8. The van der Waals surface area contributed by atoms with Gasteiger partial charge in [-0.3, -0.25) is 20.1 Å². The van der Waals surface area contributed by atoms with Gasteiger partial charge in [0.2, 0.25) is 5.82 Å². The Kier molecular flexibility index (Phi) is 4.58. The molecule has 4 rings (SSSR count). The minimum Gasteiger partial charge on any atom is -0.334 e. The van der Waals surface area contributed by atoms with E-state index in [9.17, 15) is 10.1 Å². The molecule has 3 heterocycles. The van der Waals surface area contributed by atoms with Gasteiger partial charge < -0.3 is 5.32 Å². The maximum Gasteiger partial charge on any atom is 0.343 e. The second-order valence-corrected chi connectivity index (χ2v) is 6.46. The van der Waals surface area contributed by atoms with Crippen molar-refractivity contribution in [2.45, 2.75) is 9.92 Å². The normalized spacial score (nSPS) is 10.7. The fraction of sp³-hybridized carbons (Fsp3) is 0. The predicted octanol–water partition coefficient (Wildman–Crippen LogP) is 4.22. The Morgan fingerprint density at radius 3 is 2.59 bits per heavy atom. The number of rotatable bonds is 5. The first kappa shape index (κ1) is 16.9. The van der Waals surface area contributed by atoms with Gasteiger partial charge in [0, 0.05) is 34.6 Å². The third-order valence-electron chi connectivity index (χ3n) is 3.72. The van der Waals surface area contributed by atoms with Crippen molar-refractivity contribution >= 4 is 39.9 Å². The standard InChI is InChI=1S/C18H12N6O2S/c25-24(26)16-17(23-13-6-9-19-10-7-13)21-11-22-18(16)27-14-5-1-3-12-4-2-8-20-15(12)14/h1-11H,(H,19,21,22,23). The van der Waals surface area contributed by atoms with E-state index in [2.05, 4.69) is 25.3 Å². The average molecular weight is 376 g/mol. The number of para-hydroxylation sites is 1.